The Morgan fingerprint density at radius 1 is 0.358 bits per heavy atom. The van der Waals surface area contributed by atoms with Gasteiger partial charge >= 0.3 is 0 Å². The van der Waals surface area contributed by atoms with Gasteiger partial charge in [0.25, 0.3) is 0 Å². The summed E-state index contributed by atoms with van der Waals surface area (Å²) in [7, 11) is 0. The Balaban J connectivity index is 1.00. The molecule has 0 N–H and O–H groups in total. The Kier molecular flexibility index (Phi) is 8.84. The van der Waals surface area contributed by atoms with Crippen molar-refractivity contribution in [3.8, 4) is 27.9 Å². The third-order valence-corrected chi connectivity index (χ3v) is 13.9. The minimum absolute atomic E-state index is 0.218. The van der Waals surface area contributed by atoms with Gasteiger partial charge < -0.3 is 18.8 Å². The highest BCUT2D eigenvalue weighted by Crippen LogP contribution is 2.53. The zero-order valence-corrected chi connectivity index (χ0v) is 37.3. The number of para-hydroxylation sites is 4. The molecule has 67 heavy (non-hydrogen) atoms. The number of anilines is 6. The van der Waals surface area contributed by atoms with Gasteiger partial charge in [0, 0.05) is 55.4 Å². The van der Waals surface area contributed by atoms with Gasteiger partial charge in [0.15, 0.2) is 0 Å². The molecule has 1 aliphatic rings. The van der Waals surface area contributed by atoms with Crippen molar-refractivity contribution < 1.29 is 4.42 Å². The minimum Gasteiger partial charge on any atom is -0.456 e. The summed E-state index contributed by atoms with van der Waals surface area (Å²) in [6.07, 6.45) is 0. The Bertz CT molecular complexity index is 3830. The summed E-state index contributed by atoms with van der Waals surface area (Å²) in [5.41, 5.74) is 19.1. The Morgan fingerprint density at radius 2 is 0.881 bits per heavy atom. The van der Waals surface area contributed by atoms with Crippen LogP contribution in [0, 0.1) is 0 Å². The van der Waals surface area contributed by atoms with Crippen LogP contribution < -0.4 is 9.80 Å². The van der Waals surface area contributed by atoms with Crippen molar-refractivity contribution in [1.82, 2.24) is 4.57 Å². The highest BCUT2D eigenvalue weighted by Gasteiger charge is 2.37. The van der Waals surface area contributed by atoms with Crippen molar-refractivity contribution in [2.75, 3.05) is 9.80 Å². The molecule has 0 saturated carbocycles. The second-order valence-electron chi connectivity index (χ2n) is 18.2. The van der Waals surface area contributed by atoms with Gasteiger partial charge in [0.1, 0.15) is 11.2 Å². The minimum atomic E-state index is -0.218. The third kappa shape index (κ3) is 6.29. The molecule has 3 heterocycles. The number of rotatable bonds is 7. The zero-order valence-electron chi connectivity index (χ0n) is 37.3. The van der Waals surface area contributed by atoms with E-state index in [4.69, 9.17) is 4.42 Å². The van der Waals surface area contributed by atoms with Crippen LogP contribution in [0.1, 0.15) is 25.0 Å². The van der Waals surface area contributed by atoms with Gasteiger partial charge in [0.05, 0.1) is 22.4 Å². The molecule has 0 aliphatic carbocycles. The third-order valence-electron chi connectivity index (χ3n) is 13.9. The van der Waals surface area contributed by atoms with Gasteiger partial charge in [-0.15, -0.1) is 0 Å². The van der Waals surface area contributed by atoms with E-state index in [9.17, 15) is 0 Å². The van der Waals surface area contributed by atoms with Crippen LogP contribution in [0.25, 0.3) is 71.7 Å². The van der Waals surface area contributed by atoms with E-state index in [1.165, 1.54) is 55.5 Å². The maximum Gasteiger partial charge on any atom is 0.135 e. The molecule has 2 aromatic heterocycles. The van der Waals surface area contributed by atoms with E-state index in [-0.39, 0.29) is 5.41 Å². The normalized spacial score (nSPS) is 13.0. The fourth-order valence-corrected chi connectivity index (χ4v) is 10.7. The Hall–Kier alpha value is -8.60. The number of hydrogen-bond donors (Lipinski definition) is 0. The van der Waals surface area contributed by atoms with Crippen LogP contribution in [0.2, 0.25) is 0 Å². The summed E-state index contributed by atoms with van der Waals surface area (Å²) in [6, 6.07) is 85.8. The van der Waals surface area contributed by atoms with Crippen molar-refractivity contribution in [3.63, 3.8) is 0 Å². The van der Waals surface area contributed by atoms with Gasteiger partial charge in [-0.3, -0.25) is 0 Å². The number of nitrogens with zero attached hydrogens (tertiary/aromatic N) is 3. The number of fused-ring (bicyclic) bond motifs is 8. The van der Waals surface area contributed by atoms with Gasteiger partial charge in [-0.1, -0.05) is 141 Å². The number of furan rings is 1. The zero-order chi connectivity index (χ0) is 44.6. The molecule has 10 aromatic carbocycles. The van der Waals surface area contributed by atoms with Crippen LogP contribution in [-0.4, -0.2) is 4.57 Å². The highest BCUT2D eigenvalue weighted by molar-refractivity contribution is 6.12. The lowest BCUT2D eigenvalue weighted by Crippen LogP contribution is -2.30. The fraction of sp³-hybridized carbons (Fsp3) is 0.0476. The van der Waals surface area contributed by atoms with E-state index in [0.29, 0.717) is 0 Å². The fourth-order valence-electron chi connectivity index (χ4n) is 10.7. The maximum absolute atomic E-state index is 6.32. The van der Waals surface area contributed by atoms with E-state index in [1.54, 1.807) is 0 Å². The number of hydrogen-bond acceptors (Lipinski definition) is 3. The van der Waals surface area contributed by atoms with Crippen LogP contribution in [0.5, 0.6) is 0 Å². The van der Waals surface area contributed by atoms with Crippen LogP contribution in [0.15, 0.2) is 241 Å². The average molecular weight is 860 g/mol. The van der Waals surface area contributed by atoms with Crippen LogP contribution in [-0.2, 0) is 5.41 Å². The second-order valence-corrected chi connectivity index (χ2v) is 18.2. The van der Waals surface area contributed by atoms with Crippen molar-refractivity contribution in [2.45, 2.75) is 19.3 Å². The molecule has 0 spiro atoms. The molecule has 0 atom stereocenters. The summed E-state index contributed by atoms with van der Waals surface area (Å²) < 4.78 is 8.73. The first-order valence-corrected chi connectivity index (χ1v) is 23.1. The Labute approximate surface area is 389 Å². The molecular weight excluding hydrogens is 815 g/mol. The van der Waals surface area contributed by atoms with E-state index in [1.807, 2.05) is 12.1 Å². The van der Waals surface area contributed by atoms with E-state index >= 15 is 0 Å². The monoisotopic (exact) mass is 859 g/mol. The lowest BCUT2D eigenvalue weighted by atomic mass is 9.73. The molecule has 13 rings (SSSR count). The predicted octanol–water partition coefficient (Wildman–Crippen LogP) is 17.6. The summed E-state index contributed by atoms with van der Waals surface area (Å²) in [4.78, 5) is 4.80. The Morgan fingerprint density at radius 3 is 1.66 bits per heavy atom. The molecule has 0 amide bonds. The van der Waals surface area contributed by atoms with E-state index < -0.39 is 0 Å². The predicted molar refractivity (Wildman–Crippen MR) is 280 cm³/mol. The SMILES string of the molecule is CC1(C)c2ccccc2N(c2ccccc2)c2ccc(-c3ccc4c(c3)c3cc(N(c5ccc(-c6ccccc6)cc5)c5ccc6oc7ccccc7c6c5)ccc3n4-c3ccccc3)cc21. The molecule has 4 heteroatoms. The molecule has 0 fully saturated rings. The molecule has 318 valence electrons. The highest BCUT2D eigenvalue weighted by atomic mass is 16.3. The molecule has 0 saturated heterocycles. The van der Waals surface area contributed by atoms with Crippen LogP contribution >= 0.6 is 0 Å². The summed E-state index contributed by atoms with van der Waals surface area (Å²) in [6.45, 7) is 4.73. The van der Waals surface area contributed by atoms with Crippen molar-refractivity contribution >= 4 is 77.9 Å². The van der Waals surface area contributed by atoms with E-state index in [2.05, 4.69) is 253 Å². The van der Waals surface area contributed by atoms with Gasteiger partial charge in [-0.2, -0.15) is 0 Å². The first kappa shape index (κ1) is 38.8. The molecule has 0 bridgehead atoms. The molecular formula is C63H45N3O. The molecule has 12 aromatic rings. The summed E-state index contributed by atoms with van der Waals surface area (Å²) in [5, 5.41) is 4.58. The average Bonchev–Trinajstić information content (AvgIpc) is 3.92. The van der Waals surface area contributed by atoms with Gasteiger partial charge in [0.2, 0.25) is 0 Å². The quantitative estimate of drug-likeness (QED) is 0.160. The smallest absolute Gasteiger partial charge is 0.135 e. The van der Waals surface area contributed by atoms with Crippen LogP contribution in [0.3, 0.4) is 0 Å². The standard InChI is InChI=1S/C63H45N3O/c1-63(2)55-23-13-14-24-59(55)66(47-20-10-5-11-21-47)60-35-29-45(39-56(60)63)44-28-34-57-52(38-44)53-40-49(32-36-58(53)65(57)46-18-8-4-9-19-46)64(48-30-26-43(27-31-48)42-16-6-3-7-17-42)50-33-37-62-54(41-50)51-22-12-15-25-61(51)67-62/h3-41H,1-2H3. The summed E-state index contributed by atoms with van der Waals surface area (Å²) >= 11 is 0. The van der Waals surface area contributed by atoms with Gasteiger partial charge in [-0.05, 0) is 143 Å². The second kappa shape index (κ2) is 15.3. The van der Waals surface area contributed by atoms with E-state index in [0.717, 1.165) is 61.4 Å². The molecule has 0 radical (unpaired) electrons. The first-order chi connectivity index (χ1) is 33.0. The van der Waals surface area contributed by atoms with Gasteiger partial charge in [-0.25, -0.2) is 0 Å². The van der Waals surface area contributed by atoms with Crippen molar-refractivity contribution in [2.24, 2.45) is 0 Å². The number of benzene rings is 10. The van der Waals surface area contributed by atoms with Crippen molar-refractivity contribution in [3.05, 3.63) is 248 Å². The maximum atomic E-state index is 6.32. The topological polar surface area (TPSA) is 24.6 Å². The van der Waals surface area contributed by atoms with Crippen molar-refractivity contribution in [1.29, 1.82) is 0 Å². The lowest BCUT2D eigenvalue weighted by Gasteiger charge is -2.42. The largest absolute Gasteiger partial charge is 0.456 e. The summed E-state index contributed by atoms with van der Waals surface area (Å²) in [5.74, 6) is 0. The molecule has 4 nitrogen and oxygen atoms in total. The first-order valence-electron chi connectivity index (χ1n) is 23.1. The molecule has 1 aliphatic heterocycles. The van der Waals surface area contributed by atoms with Crippen LogP contribution in [0.4, 0.5) is 34.1 Å². The number of aromatic nitrogens is 1. The molecule has 0 unspecified atom stereocenters. The lowest BCUT2D eigenvalue weighted by molar-refractivity contribution is 0.632.